The van der Waals surface area contributed by atoms with Gasteiger partial charge in [0, 0.05) is 16.6 Å². The topological polar surface area (TPSA) is 38.3 Å². The Kier molecular flexibility index (Phi) is 4.29. The third-order valence-corrected chi connectivity index (χ3v) is 3.14. The van der Waals surface area contributed by atoms with E-state index in [0.717, 1.165) is 10.9 Å². The van der Waals surface area contributed by atoms with Crippen molar-refractivity contribution in [1.82, 2.24) is 0 Å². The Hall–Kier alpha value is -2.02. The van der Waals surface area contributed by atoms with Crippen LogP contribution in [0.15, 0.2) is 41.8 Å². The van der Waals surface area contributed by atoms with Crippen molar-refractivity contribution in [2.24, 2.45) is 0 Å². The van der Waals surface area contributed by atoms with E-state index in [1.54, 1.807) is 0 Å². The van der Waals surface area contributed by atoms with Gasteiger partial charge in [0.25, 0.3) is 0 Å². The number of benzene rings is 1. The fraction of sp³-hybridized carbons (Fsp3) is 0.154. The molecule has 1 amide bonds. The normalized spacial score (nSPS) is 11.2. The van der Waals surface area contributed by atoms with Crippen LogP contribution in [-0.4, -0.2) is 12.3 Å². The summed E-state index contributed by atoms with van der Waals surface area (Å²) in [4.78, 5) is 12.6. The van der Waals surface area contributed by atoms with Crippen molar-refractivity contribution >= 4 is 22.9 Å². The minimum atomic E-state index is -4.75. The average molecular weight is 301 g/mol. The predicted octanol–water partition coefficient (Wildman–Crippen LogP) is 3.83. The van der Waals surface area contributed by atoms with Gasteiger partial charge in [0.15, 0.2) is 0 Å². The lowest BCUT2D eigenvalue weighted by Crippen LogP contribution is -2.17. The Morgan fingerprint density at radius 2 is 2.05 bits per heavy atom. The molecule has 0 saturated carbocycles. The summed E-state index contributed by atoms with van der Waals surface area (Å²) >= 11 is 1.44. The molecule has 0 atom stereocenters. The molecule has 20 heavy (non-hydrogen) atoms. The molecule has 7 heteroatoms. The summed E-state index contributed by atoms with van der Waals surface area (Å²) < 4.78 is 40.0. The van der Waals surface area contributed by atoms with Gasteiger partial charge in [-0.1, -0.05) is 12.1 Å². The lowest BCUT2D eigenvalue weighted by Gasteiger charge is -2.10. The third kappa shape index (κ3) is 4.58. The molecule has 3 nitrogen and oxygen atoms in total. The number of alkyl halides is 3. The van der Waals surface area contributed by atoms with E-state index in [0.29, 0.717) is 0 Å². The maximum Gasteiger partial charge on any atom is 0.573 e. The molecular formula is C13H10F3NO2S. The summed E-state index contributed by atoms with van der Waals surface area (Å²) in [5, 5.41) is 4.37. The maximum atomic E-state index is 12.1. The quantitative estimate of drug-likeness (QED) is 0.932. The maximum absolute atomic E-state index is 12.1. The summed E-state index contributed by atoms with van der Waals surface area (Å²) in [6.45, 7) is 0. The smallest absolute Gasteiger partial charge is 0.406 e. The van der Waals surface area contributed by atoms with Gasteiger partial charge in [-0.05, 0) is 23.6 Å². The Bertz CT molecular complexity index is 582. The highest BCUT2D eigenvalue weighted by molar-refractivity contribution is 7.10. The molecule has 0 unspecified atom stereocenters. The predicted molar refractivity (Wildman–Crippen MR) is 69.8 cm³/mol. The van der Waals surface area contributed by atoms with Gasteiger partial charge < -0.3 is 10.1 Å². The molecule has 0 bridgehead atoms. The van der Waals surface area contributed by atoms with Crippen LogP contribution in [0.25, 0.3) is 0 Å². The van der Waals surface area contributed by atoms with Gasteiger partial charge >= 0.3 is 6.36 Å². The van der Waals surface area contributed by atoms with Crippen molar-refractivity contribution in [3.8, 4) is 5.75 Å². The molecule has 1 aromatic heterocycles. The van der Waals surface area contributed by atoms with Gasteiger partial charge in [-0.3, -0.25) is 4.79 Å². The van der Waals surface area contributed by atoms with Crippen molar-refractivity contribution in [2.75, 3.05) is 5.32 Å². The minimum Gasteiger partial charge on any atom is -0.406 e. The van der Waals surface area contributed by atoms with Gasteiger partial charge in [-0.15, -0.1) is 24.5 Å². The molecule has 0 radical (unpaired) electrons. The van der Waals surface area contributed by atoms with Gasteiger partial charge in [-0.2, -0.15) is 0 Å². The van der Waals surface area contributed by atoms with Crippen molar-refractivity contribution in [3.05, 3.63) is 46.7 Å². The molecule has 1 heterocycles. The third-order valence-electron chi connectivity index (χ3n) is 2.27. The number of hydrogen-bond acceptors (Lipinski definition) is 3. The molecular weight excluding hydrogens is 291 g/mol. The molecule has 0 fully saturated rings. The first-order valence-electron chi connectivity index (χ1n) is 5.60. The van der Waals surface area contributed by atoms with Gasteiger partial charge in [0.2, 0.25) is 5.91 Å². The summed E-state index contributed by atoms with van der Waals surface area (Å²) in [6.07, 6.45) is -4.57. The van der Waals surface area contributed by atoms with E-state index in [2.05, 4.69) is 10.1 Å². The van der Waals surface area contributed by atoms with Crippen LogP contribution < -0.4 is 10.1 Å². The fourth-order valence-corrected chi connectivity index (χ4v) is 2.25. The SMILES string of the molecule is O=C(Cc1cccs1)Nc1cccc(OC(F)(F)F)c1. The second kappa shape index (κ2) is 5.96. The number of carbonyl (C=O) groups is 1. The summed E-state index contributed by atoms with van der Waals surface area (Å²) in [5.41, 5.74) is 0.258. The molecule has 1 N–H and O–H groups in total. The standard InChI is InChI=1S/C13H10F3NO2S/c14-13(15,16)19-10-4-1-3-9(7-10)17-12(18)8-11-5-2-6-20-11/h1-7H,8H2,(H,17,18). The van der Waals surface area contributed by atoms with Gasteiger partial charge in [-0.25, -0.2) is 0 Å². The van der Waals surface area contributed by atoms with Crippen molar-refractivity contribution < 1.29 is 22.7 Å². The first kappa shape index (κ1) is 14.4. The van der Waals surface area contributed by atoms with Crippen LogP contribution in [0.2, 0.25) is 0 Å². The number of rotatable bonds is 4. The first-order chi connectivity index (χ1) is 9.42. The number of nitrogens with one attached hydrogen (secondary N) is 1. The number of hydrogen-bond donors (Lipinski definition) is 1. The second-order valence-corrected chi connectivity index (χ2v) is 4.91. The molecule has 0 aliphatic carbocycles. The molecule has 2 aromatic rings. The molecule has 0 saturated heterocycles. The number of thiophene rings is 1. The highest BCUT2D eigenvalue weighted by Gasteiger charge is 2.31. The zero-order valence-electron chi connectivity index (χ0n) is 10.1. The lowest BCUT2D eigenvalue weighted by atomic mass is 10.2. The van der Waals surface area contributed by atoms with E-state index in [-0.39, 0.29) is 23.8 Å². The summed E-state index contributed by atoms with van der Waals surface area (Å²) in [6, 6.07) is 8.80. The molecule has 0 spiro atoms. The first-order valence-corrected chi connectivity index (χ1v) is 6.48. The minimum absolute atomic E-state index is 0.183. The zero-order valence-corrected chi connectivity index (χ0v) is 10.9. The number of anilines is 1. The molecule has 0 aliphatic rings. The molecule has 106 valence electrons. The number of halogens is 3. The highest BCUT2D eigenvalue weighted by Crippen LogP contribution is 2.25. The van der Waals surface area contributed by atoms with E-state index < -0.39 is 6.36 Å². The van der Waals surface area contributed by atoms with Crippen molar-refractivity contribution in [3.63, 3.8) is 0 Å². The molecule has 2 rings (SSSR count). The number of carbonyl (C=O) groups excluding carboxylic acids is 1. The molecule has 0 aliphatic heterocycles. The lowest BCUT2D eigenvalue weighted by molar-refractivity contribution is -0.274. The van der Waals surface area contributed by atoms with Crippen LogP contribution in [0.4, 0.5) is 18.9 Å². The number of amides is 1. The largest absolute Gasteiger partial charge is 0.573 e. The monoisotopic (exact) mass is 301 g/mol. The van der Waals surface area contributed by atoms with E-state index in [4.69, 9.17) is 0 Å². The zero-order chi connectivity index (χ0) is 14.6. The second-order valence-electron chi connectivity index (χ2n) is 3.88. The van der Waals surface area contributed by atoms with Crippen LogP contribution in [-0.2, 0) is 11.2 Å². The van der Waals surface area contributed by atoms with E-state index in [1.807, 2.05) is 17.5 Å². The summed E-state index contributed by atoms with van der Waals surface area (Å²) in [7, 11) is 0. The van der Waals surface area contributed by atoms with E-state index >= 15 is 0 Å². The average Bonchev–Trinajstić information content (AvgIpc) is 2.79. The van der Waals surface area contributed by atoms with Crippen LogP contribution in [0.1, 0.15) is 4.88 Å². The van der Waals surface area contributed by atoms with Crippen molar-refractivity contribution in [1.29, 1.82) is 0 Å². The van der Waals surface area contributed by atoms with Crippen LogP contribution in [0.3, 0.4) is 0 Å². The highest BCUT2D eigenvalue weighted by atomic mass is 32.1. The Morgan fingerprint density at radius 3 is 2.70 bits per heavy atom. The number of ether oxygens (including phenoxy) is 1. The Balaban J connectivity index is 1.99. The van der Waals surface area contributed by atoms with Crippen LogP contribution in [0, 0.1) is 0 Å². The van der Waals surface area contributed by atoms with Gasteiger partial charge in [0.1, 0.15) is 5.75 Å². The van der Waals surface area contributed by atoms with E-state index in [1.165, 1.54) is 29.5 Å². The molecule has 1 aromatic carbocycles. The van der Waals surface area contributed by atoms with Crippen molar-refractivity contribution in [2.45, 2.75) is 12.8 Å². The summed E-state index contributed by atoms with van der Waals surface area (Å²) in [5.74, 6) is -0.664. The Morgan fingerprint density at radius 1 is 1.25 bits per heavy atom. The van der Waals surface area contributed by atoms with E-state index in [9.17, 15) is 18.0 Å². The Labute approximate surface area is 117 Å². The van der Waals surface area contributed by atoms with Gasteiger partial charge in [0.05, 0.1) is 6.42 Å². The van der Waals surface area contributed by atoms with Crippen LogP contribution in [0.5, 0.6) is 5.75 Å². The van der Waals surface area contributed by atoms with Crippen LogP contribution >= 0.6 is 11.3 Å². The fourth-order valence-electron chi connectivity index (χ4n) is 1.55.